The van der Waals surface area contributed by atoms with E-state index in [1.807, 2.05) is 0 Å². The first-order valence-corrected chi connectivity index (χ1v) is 4.05. The summed E-state index contributed by atoms with van der Waals surface area (Å²) in [5.74, 6) is 1.59. The van der Waals surface area contributed by atoms with Crippen molar-refractivity contribution in [2.24, 2.45) is 11.7 Å². The van der Waals surface area contributed by atoms with Crippen LogP contribution in [0.2, 0.25) is 0 Å². The van der Waals surface area contributed by atoms with Gasteiger partial charge in [-0.15, -0.1) is 8.58 Å². The average molecular weight is 115 g/mol. The molecule has 2 heteroatoms. The molecule has 0 aromatic rings. The van der Waals surface area contributed by atoms with Crippen molar-refractivity contribution in [3.63, 3.8) is 0 Å². The van der Waals surface area contributed by atoms with Crippen LogP contribution in [0.25, 0.3) is 0 Å². The van der Waals surface area contributed by atoms with Crippen molar-refractivity contribution < 1.29 is 0 Å². The van der Waals surface area contributed by atoms with Crippen molar-refractivity contribution >= 4 is 8.58 Å². The molecule has 0 spiro atoms. The largest absolute Gasteiger partial charge is 0.324 e. The van der Waals surface area contributed by atoms with Gasteiger partial charge in [-0.3, -0.25) is 0 Å². The zero-order valence-electron chi connectivity index (χ0n) is 4.22. The smallest absolute Gasteiger partial charge is 0.0250 e. The van der Waals surface area contributed by atoms with Crippen LogP contribution in [0.5, 0.6) is 0 Å². The maximum absolute atomic E-state index is 5.68. The molecule has 2 N–H and O–H groups in total. The van der Waals surface area contributed by atoms with Gasteiger partial charge in [0.15, 0.2) is 0 Å². The van der Waals surface area contributed by atoms with Gasteiger partial charge in [0.1, 0.15) is 0 Å². The molecule has 1 heterocycles. The van der Waals surface area contributed by atoms with Gasteiger partial charge in [-0.1, -0.05) is 0 Å². The molecule has 0 amide bonds. The van der Waals surface area contributed by atoms with Crippen LogP contribution in [-0.4, -0.2) is 11.4 Å². The summed E-state index contributed by atoms with van der Waals surface area (Å²) in [5, 5.41) is 0. The lowest BCUT2D eigenvalue weighted by Gasteiger charge is -2.51. The lowest BCUT2D eigenvalue weighted by atomic mass is 9.83. The zero-order chi connectivity index (χ0) is 4.85. The number of fused-ring (bicyclic) bond motifs is 1. The molecule has 1 saturated carbocycles. The second kappa shape index (κ2) is 1.21. The molecule has 1 aliphatic heterocycles. The number of hydrogen-bond acceptors (Lipinski definition) is 1. The summed E-state index contributed by atoms with van der Waals surface area (Å²) in [6, 6.07) is 0. The summed E-state index contributed by atoms with van der Waals surface area (Å²) in [4.78, 5) is 0. The summed E-state index contributed by atoms with van der Waals surface area (Å²) >= 11 is 0. The van der Waals surface area contributed by atoms with Crippen molar-refractivity contribution in [1.82, 2.24) is 0 Å². The highest BCUT2D eigenvalue weighted by molar-refractivity contribution is 7.42. The Morgan fingerprint density at radius 3 is 2.29 bits per heavy atom. The highest BCUT2D eigenvalue weighted by atomic mass is 31.1. The Labute approximate surface area is 45.4 Å². The molecule has 4 atom stereocenters. The third-order valence-corrected chi connectivity index (χ3v) is 4.15. The summed E-state index contributed by atoms with van der Waals surface area (Å²) in [7, 11) is 1.11. The molecule has 7 heavy (non-hydrogen) atoms. The van der Waals surface area contributed by atoms with Crippen molar-refractivity contribution in [2.45, 2.75) is 24.3 Å². The van der Waals surface area contributed by atoms with Gasteiger partial charge in [-0.05, 0) is 24.4 Å². The van der Waals surface area contributed by atoms with E-state index in [0.29, 0.717) is 5.78 Å². The molecule has 4 unspecified atom stereocenters. The van der Waals surface area contributed by atoms with Crippen molar-refractivity contribution in [3.8, 4) is 0 Å². The molecule has 0 aromatic carbocycles. The Balaban J connectivity index is 1.99. The van der Waals surface area contributed by atoms with Crippen LogP contribution in [0.15, 0.2) is 0 Å². The van der Waals surface area contributed by atoms with Gasteiger partial charge in [0.25, 0.3) is 0 Å². The zero-order valence-corrected chi connectivity index (χ0v) is 5.22. The van der Waals surface area contributed by atoms with Crippen LogP contribution in [-0.2, 0) is 0 Å². The Morgan fingerprint density at radius 2 is 2.29 bits per heavy atom. The second-order valence-corrected chi connectivity index (χ2v) is 4.28. The fraction of sp³-hybridized carbons (Fsp3) is 1.00. The normalized spacial score (nSPS) is 60.4. The molecular formula is C5H10NP. The number of hydrogen-bond donors (Lipinski definition) is 1. The minimum absolute atomic E-state index is 0.624. The molecule has 40 valence electrons. The van der Waals surface area contributed by atoms with E-state index in [2.05, 4.69) is 0 Å². The first-order valence-electron chi connectivity index (χ1n) is 2.89. The lowest BCUT2D eigenvalue weighted by molar-refractivity contribution is 0.280. The third-order valence-electron chi connectivity index (χ3n) is 2.20. The van der Waals surface area contributed by atoms with E-state index in [1.165, 1.54) is 12.8 Å². The lowest BCUT2D eigenvalue weighted by Crippen LogP contribution is -2.50. The molecule has 1 aliphatic carbocycles. The molecule has 2 rings (SSSR count). The molecular weight excluding hydrogens is 105 g/mol. The van der Waals surface area contributed by atoms with Crippen molar-refractivity contribution in [2.75, 3.05) is 0 Å². The predicted octanol–water partition coefficient (Wildman–Crippen LogP) is 0.742. The second-order valence-electron chi connectivity index (χ2n) is 2.54. The highest BCUT2D eigenvalue weighted by Crippen LogP contribution is 2.56. The highest BCUT2D eigenvalue weighted by Gasteiger charge is 2.44. The predicted molar refractivity (Wildman–Crippen MR) is 32.8 cm³/mol. The summed E-state index contributed by atoms with van der Waals surface area (Å²) in [5.41, 5.74) is 6.77. The van der Waals surface area contributed by atoms with Gasteiger partial charge in [0, 0.05) is 5.78 Å². The van der Waals surface area contributed by atoms with E-state index in [1.54, 1.807) is 0 Å². The first kappa shape index (κ1) is 4.29. The van der Waals surface area contributed by atoms with Gasteiger partial charge in [-0.25, -0.2) is 0 Å². The molecule has 2 aliphatic rings. The van der Waals surface area contributed by atoms with Crippen molar-refractivity contribution in [3.05, 3.63) is 0 Å². The first-order chi connectivity index (χ1) is 3.38. The molecule has 1 saturated heterocycles. The van der Waals surface area contributed by atoms with Crippen LogP contribution in [0.1, 0.15) is 12.8 Å². The maximum Gasteiger partial charge on any atom is 0.0250 e. The van der Waals surface area contributed by atoms with E-state index in [-0.39, 0.29) is 0 Å². The van der Waals surface area contributed by atoms with E-state index in [4.69, 9.17) is 5.73 Å². The van der Waals surface area contributed by atoms with Gasteiger partial charge in [-0.2, -0.15) is 0 Å². The average Bonchev–Trinajstić information content (AvgIpc) is 1.59. The Kier molecular flexibility index (Phi) is 0.741. The minimum atomic E-state index is 0.624. The summed E-state index contributed by atoms with van der Waals surface area (Å²) < 4.78 is 0. The molecule has 0 radical (unpaired) electrons. The minimum Gasteiger partial charge on any atom is -0.324 e. The number of rotatable bonds is 0. The topological polar surface area (TPSA) is 26.0 Å². The maximum atomic E-state index is 5.68. The molecule has 0 aromatic heterocycles. The van der Waals surface area contributed by atoms with Gasteiger partial charge >= 0.3 is 0 Å². The van der Waals surface area contributed by atoms with E-state index >= 15 is 0 Å². The monoisotopic (exact) mass is 115 g/mol. The molecule has 0 bridgehead atoms. The van der Waals surface area contributed by atoms with Gasteiger partial charge < -0.3 is 5.73 Å². The third kappa shape index (κ3) is 0.407. The van der Waals surface area contributed by atoms with Crippen LogP contribution < -0.4 is 5.73 Å². The van der Waals surface area contributed by atoms with Gasteiger partial charge in [0.05, 0.1) is 0 Å². The van der Waals surface area contributed by atoms with Crippen molar-refractivity contribution in [1.29, 1.82) is 0 Å². The standard InChI is InChI=1S/C5H10NP/c6-5-3-1-2-4(3)7-5/h3-5,7H,1-2,6H2. The van der Waals surface area contributed by atoms with Crippen LogP contribution in [0, 0.1) is 5.92 Å². The Morgan fingerprint density at radius 1 is 1.43 bits per heavy atom. The fourth-order valence-corrected chi connectivity index (χ4v) is 3.18. The van der Waals surface area contributed by atoms with E-state index in [9.17, 15) is 0 Å². The SMILES string of the molecule is NC1PC2CCC12. The van der Waals surface area contributed by atoms with E-state index in [0.717, 1.165) is 20.2 Å². The van der Waals surface area contributed by atoms with Crippen LogP contribution >= 0.6 is 8.58 Å². The summed E-state index contributed by atoms with van der Waals surface area (Å²) in [6.07, 6.45) is 2.91. The summed E-state index contributed by atoms with van der Waals surface area (Å²) in [6.45, 7) is 0. The molecule has 2 fully saturated rings. The van der Waals surface area contributed by atoms with E-state index < -0.39 is 0 Å². The Hall–Kier alpha value is 0.390. The van der Waals surface area contributed by atoms with Gasteiger partial charge in [0.2, 0.25) is 0 Å². The molecule has 1 nitrogen and oxygen atoms in total. The van der Waals surface area contributed by atoms with Crippen LogP contribution in [0.4, 0.5) is 0 Å². The Bertz CT molecular complexity index is 90.1. The van der Waals surface area contributed by atoms with Crippen LogP contribution in [0.3, 0.4) is 0 Å². The number of nitrogens with two attached hydrogens (primary N) is 1. The quantitative estimate of drug-likeness (QED) is 0.463. The fourth-order valence-electron chi connectivity index (χ4n) is 1.41.